The normalized spacial score (nSPS) is 22.5. The van der Waals surface area contributed by atoms with Crippen LogP contribution < -0.4 is 0 Å². The number of ether oxygens (including phenoxy) is 1. The van der Waals surface area contributed by atoms with Gasteiger partial charge in [0.15, 0.2) is 0 Å². The number of nitriles is 1. The summed E-state index contributed by atoms with van der Waals surface area (Å²) < 4.78 is 4.67. The zero-order valence-electron chi connectivity index (χ0n) is 16.2. The Hall–Kier alpha value is -1.82. The van der Waals surface area contributed by atoms with Crippen LogP contribution in [-0.4, -0.2) is 13.1 Å². The Bertz CT molecular complexity index is 568. The third-order valence-electron chi connectivity index (χ3n) is 5.98. The lowest BCUT2D eigenvalue weighted by Gasteiger charge is -2.35. The molecule has 0 bridgehead atoms. The summed E-state index contributed by atoms with van der Waals surface area (Å²) in [5.74, 6) is 0.663. The zero-order chi connectivity index (χ0) is 18.7. The van der Waals surface area contributed by atoms with Crippen LogP contribution >= 0.6 is 0 Å². The zero-order valence-corrected chi connectivity index (χ0v) is 16.2. The van der Waals surface area contributed by atoms with Gasteiger partial charge in [0.25, 0.3) is 0 Å². The molecule has 0 atom stereocenters. The van der Waals surface area contributed by atoms with Crippen molar-refractivity contribution in [1.29, 1.82) is 5.26 Å². The molecule has 1 aliphatic rings. The highest BCUT2D eigenvalue weighted by molar-refractivity contribution is 5.68. The van der Waals surface area contributed by atoms with Gasteiger partial charge in [0.1, 0.15) is 0 Å². The van der Waals surface area contributed by atoms with Crippen molar-refractivity contribution in [3.63, 3.8) is 0 Å². The summed E-state index contributed by atoms with van der Waals surface area (Å²) in [5.41, 5.74) is 1.32. The van der Waals surface area contributed by atoms with E-state index < -0.39 is 0 Å². The Morgan fingerprint density at radius 2 is 1.88 bits per heavy atom. The molecule has 2 rings (SSSR count). The van der Waals surface area contributed by atoms with Gasteiger partial charge in [-0.3, -0.25) is 4.79 Å². The number of aryl methyl sites for hydroxylation is 1. The van der Waals surface area contributed by atoms with Gasteiger partial charge >= 0.3 is 5.97 Å². The van der Waals surface area contributed by atoms with Gasteiger partial charge < -0.3 is 4.74 Å². The van der Waals surface area contributed by atoms with Gasteiger partial charge in [-0.15, -0.1) is 0 Å². The Labute approximate surface area is 158 Å². The van der Waals surface area contributed by atoms with E-state index in [0.717, 1.165) is 44.4 Å². The molecule has 3 heteroatoms. The van der Waals surface area contributed by atoms with Gasteiger partial charge in [-0.1, -0.05) is 49.6 Å². The van der Waals surface area contributed by atoms with Gasteiger partial charge in [0.2, 0.25) is 0 Å². The summed E-state index contributed by atoms with van der Waals surface area (Å²) in [6, 6.07) is 13.4. The lowest BCUT2D eigenvalue weighted by Crippen LogP contribution is -2.26. The van der Waals surface area contributed by atoms with Gasteiger partial charge in [0, 0.05) is 6.42 Å². The molecule has 0 N–H and O–H groups in total. The average Bonchev–Trinajstić information content (AvgIpc) is 2.69. The van der Waals surface area contributed by atoms with E-state index in [0.29, 0.717) is 6.42 Å². The fourth-order valence-corrected chi connectivity index (χ4v) is 4.19. The number of nitrogens with zero attached hydrogens (tertiary/aromatic N) is 1. The maximum absolute atomic E-state index is 11.1. The van der Waals surface area contributed by atoms with E-state index in [1.165, 1.54) is 44.8 Å². The lowest BCUT2D eigenvalue weighted by atomic mass is 9.68. The number of carbonyl (C=O) groups excluding carboxylic acids is 1. The summed E-state index contributed by atoms with van der Waals surface area (Å²) in [6.45, 7) is 0. The Morgan fingerprint density at radius 1 is 1.15 bits per heavy atom. The SMILES string of the molecule is COC(=O)CCCCCC1(C#N)CCC(CCCc2ccccc2)CC1. The van der Waals surface area contributed by atoms with Crippen LogP contribution in [0.4, 0.5) is 0 Å². The molecule has 1 saturated carbocycles. The molecule has 0 heterocycles. The summed E-state index contributed by atoms with van der Waals surface area (Å²) >= 11 is 0. The first kappa shape index (κ1) is 20.5. The minimum atomic E-state index is -0.129. The van der Waals surface area contributed by atoms with Crippen molar-refractivity contribution in [1.82, 2.24) is 0 Å². The Kier molecular flexibility index (Phi) is 8.68. The Balaban J connectivity index is 1.63. The van der Waals surface area contributed by atoms with Crippen LogP contribution in [0.25, 0.3) is 0 Å². The number of benzene rings is 1. The minimum Gasteiger partial charge on any atom is -0.469 e. The van der Waals surface area contributed by atoms with Gasteiger partial charge in [-0.25, -0.2) is 0 Å². The third kappa shape index (κ3) is 6.83. The molecule has 142 valence electrons. The van der Waals surface area contributed by atoms with Crippen LogP contribution in [0.1, 0.15) is 76.2 Å². The first-order chi connectivity index (χ1) is 12.7. The second-order valence-corrected chi connectivity index (χ2v) is 7.85. The van der Waals surface area contributed by atoms with Crippen LogP contribution in [0.5, 0.6) is 0 Å². The van der Waals surface area contributed by atoms with Gasteiger partial charge in [-0.05, 0) is 62.8 Å². The molecule has 0 aromatic heterocycles. The van der Waals surface area contributed by atoms with Gasteiger partial charge in [0.05, 0.1) is 18.6 Å². The molecular formula is C23H33NO2. The number of hydrogen-bond acceptors (Lipinski definition) is 3. The summed E-state index contributed by atoms with van der Waals surface area (Å²) in [7, 11) is 1.44. The van der Waals surface area contributed by atoms with Crippen molar-refractivity contribution in [2.24, 2.45) is 11.3 Å². The van der Waals surface area contributed by atoms with E-state index in [-0.39, 0.29) is 11.4 Å². The third-order valence-corrected chi connectivity index (χ3v) is 5.98. The molecule has 1 fully saturated rings. The van der Waals surface area contributed by atoms with Crippen LogP contribution in [0.15, 0.2) is 30.3 Å². The van der Waals surface area contributed by atoms with E-state index in [1.54, 1.807) is 0 Å². The molecule has 0 unspecified atom stereocenters. The van der Waals surface area contributed by atoms with E-state index in [1.807, 2.05) is 0 Å². The highest BCUT2D eigenvalue weighted by atomic mass is 16.5. The van der Waals surface area contributed by atoms with Crippen LogP contribution in [-0.2, 0) is 16.0 Å². The van der Waals surface area contributed by atoms with E-state index in [9.17, 15) is 10.1 Å². The first-order valence-electron chi connectivity index (χ1n) is 10.2. The predicted octanol–water partition coefficient (Wildman–Crippen LogP) is 5.83. The summed E-state index contributed by atoms with van der Waals surface area (Å²) in [4.78, 5) is 11.1. The topological polar surface area (TPSA) is 50.1 Å². The van der Waals surface area contributed by atoms with Crippen LogP contribution in [0.2, 0.25) is 0 Å². The number of unbranched alkanes of at least 4 members (excludes halogenated alkanes) is 2. The predicted molar refractivity (Wildman–Crippen MR) is 104 cm³/mol. The molecule has 1 aromatic carbocycles. The first-order valence-corrected chi connectivity index (χ1v) is 10.2. The van der Waals surface area contributed by atoms with Crippen molar-refractivity contribution < 1.29 is 9.53 Å². The number of methoxy groups -OCH3 is 1. The fourth-order valence-electron chi connectivity index (χ4n) is 4.19. The molecule has 0 radical (unpaired) electrons. The standard InChI is InChI=1S/C23H33NO2/c1-26-22(25)13-6-3-7-16-23(19-24)17-14-21(15-18-23)12-8-11-20-9-4-2-5-10-20/h2,4-5,9-10,21H,3,6-8,11-18H2,1H3. The lowest BCUT2D eigenvalue weighted by molar-refractivity contribution is -0.140. The van der Waals surface area contributed by atoms with Crippen molar-refractivity contribution in [2.75, 3.05) is 7.11 Å². The highest BCUT2D eigenvalue weighted by Crippen LogP contribution is 2.43. The molecule has 0 aliphatic heterocycles. The van der Waals surface area contributed by atoms with Crippen molar-refractivity contribution in [3.05, 3.63) is 35.9 Å². The van der Waals surface area contributed by atoms with Crippen molar-refractivity contribution >= 4 is 5.97 Å². The maximum atomic E-state index is 11.1. The monoisotopic (exact) mass is 355 g/mol. The van der Waals surface area contributed by atoms with E-state index >= 15 is 0 Å². The van der Waals surface area contributed by atoms with Crippen LogP contribution in [0, 0.1) is 22.7 Å². The van der Waals surface area contributed by atoms with Crippen LogP contribution in [0.3, 0.4) is 0 Å². The second kappa shape index (κ2) is 11.0. The van der Waals surface area contributed by atoms with Crippen molar-refractivity contribution in [3.8, 4) is 6.07 Å². The van der Waals surface area contributed by atoms with Crippen molar-refractivity contribution in [2.45, 2.75) is 77.0 Å². The number of hydrogen-bond donors (Lipinski definition) is 0. The van der Waals surface area contributed by atoms with E-state index in [4.69, 9.17) is 0 Å². The summed E-state index contributed by atoms with van der Waals surface area (Å²) in [6.07, 6.45) is 12.6. The summed E-state index contributed by atoms with van der Waals surface area (Å²) in [5, 5.41) is 9.71. The number of carbonyl (C=O) groups is 1. The number of rotatable bonds is 10. The highest BCUT2D eigenvalue weighted by Gasteiger charge is 2.34. The molecule has 0 amide bonds. The molecular weight excluding hydrogens is 322 g/mol. The average molecular weight is 356 g/mol. The molecule has 1 aliphatic carbocycles. The second-order valence-electron chi connectivity index (χ2n) is 7.85. The smallest absolute Gasteiger partial charge is 0.305 e. The minimum absolute atomic E-state index is 0.110. The maximum Gasteiger partial charge on any atom is 0.305 e. The van der Waals surface area contributed by atoms with Gasteiger partial charge in [-0.2, -0.15) is 5.26 Å². The fraction of sp³-hybridized carbons (Fsp3) is 0.652. The molecule has 0 saturated heterocycles. The number of esters is 1. The van der Waals surface area contributed by atoms with E-state index in [2.05, 4.69) is 41.1 Å². The molecule has 1 aromatic rings. The molecule has 3 nitrogen and oxygen atoms in total. The Morgan fingerprint density at radius 3 is 2.54 bits per heavy atom. The largest absolute Gasteiger partial charge is 0.469 e. The molecule has 0 spiro atoms. The quantitative estimate of drug-likeness (QED) is 0.392. The molecule has 26 heavy (non-hydrogen) atoms.